The van der Waals surface area contributed by atoms with Crippen molar-refractivity contribution in [2.24, 2.45) is 5.92 Å². The lowest BCUT2D eigenvalue weighted by Gasteiger charge is -2.31. The van der Waals surface area contributed by atoms with Gasteiger partial charge >= 0.3 is 0 Å². The molecular formula is C21H25FN2O5S. The Labute approximate surface area is 175 Å². The number of nitrogens with zero attached hydrogens (tertiary/aromatic N) is 1. The molecule has 30 heavy (non-hydrogen) atoms. The van der Waals surface area contributed by atoms with Crippen LogP contribution in [0.3, 0.4) is 0 Å². The molecule has 7 nitrogen and oxygen atoms in total. The third kappa shape index (κ3) is 5.48. The number of piperidine rings is 1. The number of rotatable bonds is 8. The van der Waals surface area contributed by atoms with Crippen molar-refractivity contribution in [1.82, 2.24) is 9.62 Å². The average molecular weight is 437 g/mol. The van der Waals surface area contributed by atoms with Crippen LogP contribution in [0.5, 0.6) is 11.5 Å². The molecule has 1 fully saturated rings. The maximum absolute atomic E-state index is 12.9. The third-order valence-corrected chi connectivity index (χ3v) is 6.82. The first-order valence-electron chi connectivity index (χ1n) is 9.70. The largest absolute Gasteiger partial charge is 0.497 e. The van der Waals surface area contributed by atoms with Gasteiger partial charge in [-0.15, -0.1) is 0 Å². The van der Waals surface area contributed by atoms with E-state index in [-0.39, 0.29) is 36.3 Å². The highest BCUT2D eigenvalue weighted by atomic mass is 32.2. The zero-order chi connectivity index (χ0) is 21.6. The molecule has 1 N–H and O–H groups in total. The van der Waals surface area contributed by atoms with Crippen LogP contribution in [0.2, 0.25) is 0 Å². The van der Waals surface area contributed by atoms with E-state index in [1.807, 2.05) is 0 Å². The van der Waals surface area contributed by atoms with E-state index in [2.05, 4.69) is 5.32 Å². The van der Waals surface area contributed by atoms with Gasteiger partial charge in [0.05, 0.1) is 24.5 Å². The Kier molecular flexibility index (Phi) is 7.28. The molecule has 1 aliphatic heterocycles. The first-order valence-corrected chi connectivity index (χ1v) is 11.1. The van der Waals surface area contributed by atoms with Crippen molar-refractivity contribution in [1.29, 1.82) is 0 Å². The summed E-state index contributed by atoms with van der Waals surface area (Å²) in [4.78, 5) is 12.7. The van der Waals surface area contributed by atoms with Gasteiger partial charge in [0.1, 0.15) is 23.9 Å². The molecule has 0 spiro atoms. The van der Waals surface area contributed by atoms with Gasteiger partial charge in [-0.05, 0) is 61.4 Å². The maximum atomic E-state index is 12.9. The molecule has 0 radical (unpaired) electrons. The molecule has 0 bridgehead atoms. The average Bonchev–Trinajstić information content (AvgIpc) is 2.78. The van der Waals surface area contributed by atoms with Gasteiger partial charge in [0.2, 0.25) is 15.9 Å². The van der Waals surface area contributed by atoms with Crippen molar-refractivity contribution >= 4 is 15.9 Å². The van der Waals surface area contributed by atoms with Crippen LogP contribution < -0.4 is 14.8 Å². The van der Waals surface area contributed by atoms with Crippen LogP contribution in [0.4, 0.5) is 4.39 Å². The summed E-state index contributed by atoms with van der Waals surface area (Å²) in [5, 5.41) is 2.78. The number of ether oxygens (including phenoxy) is 2. The normalized spacial score (nSPS) is 17.3. The molecular weight excluding hydrogens is 411 g/mol. The molecule has 1 saturated heterocycles. The van der Waals surface area contributed by atoms with Crippen LogP contribution in [0, 0.1) is 11.7 Å². The number of hydrogen-bond acceptors (Lipinski definition) is 5. The van der Waals surface area contributed by atoms with Crippen molar-refractivity contribution in [3.8, 4) is 11.5 Å². The second-order valence-corrected chi connectivity index (χ2v) is 8.91. The van der Waals surface area contributed by atoms with E-state index in [0.29, 0.717) is 30.9 Å². The highest BCUT2D eigenvalue weighted by Gasteiger charge is 2.33. The van der Waals surface area contributed by atoms with Crippen molar-refractivity contribution in [3.05, 3.63) is 54.3 Å². The number of hydrogen-bond donors (Lipinski definition) is 1. The molecule has 0 aliphatic carbocycles. The predicted octanol–water partition coefficient (Wildman–Crippen LogP) is 2.43. The van der Waals surface area contributed by atoms with E-state index >= 15 is 0 Å². The van der Waals surface area contributed by atoms with Gasteiger partial charge in [-0.2, -0.15) is 4.31 Å². The van der Waals surface area contributed by atoms with Gasteiger partial charge < -0.3 is 14.8 Å². The molecule has 1 atom stereocenters. The first-order chi connectivity index (χ1) is 14.4. The molecule has 0 saturated carbocycles. The molecule has 1 amide bonds. The highest BCUT2D eigenvalue weighted by molar-refractivity contribution is 7.89. The van der Waals surface area contributed by atoms with Gasteiger partial charge in [-0.25, -0.2) is 12.8 Å². The number of carbonyl (C=O) groups excluding carboxylic acids is 1. The van der Waals surface area contributed by atoms with Crippen molar-refractivity contribution in [2.75, 3.05) is 33.4 Å². The van der Waals surface area contributed by atoms with Crippen LogP contribution >= 0.6 is 0 Å². The second-order valence-electron chi connectivity index (χ2n) is 6.97. The maximum Gasteiger partial charge on any atom is 0.243 e. The highest BCUT2D eigenvalue weighted by Crippen LogP contribution is 2.25. The Morgan fingerprint density at radius 1 is 1.13 bits per heavy atom. The number of benzene rings is 2. The summed E-state index contributed by atoms with van der Waals surface area (Å²) in [6.45, 7) is 1.03. The summed E-state index contributed by atoms with van der Waals surface area (Å²) in [6.07, 6.45) is 1.23. The summed E-state index contributed by atoms with van der Waals surface area (Å²) in [5.74, 6) is 0.125. The van der Waals surface area contributed by atoms with E-state index in [9.17, 15) is 17.6 Å². The topological polar surface area (TPSA) is 84.9 Å². The molecule has 1 heterocycles. The van der Waals surface area contributed by atoms with Gasteiger partial charge in [-0.3, -0.25) is 4.79 Å². The van der Waals surface area contributed by atoms with E-state index < -0.39 is 15.9 Å². The standard InChI is InChI=1S/C21H25FN2O5S/c1-28-18-8-10-20(11-9-18)30(26,27)24-13-2-3-16(15-24)21(25)23-12-14-29-19-6-4-17(22)5-7-19/h4-11,16H,2-3,12-15H2,1H3,(H,23,25). The molecule has 2 aromatic carbocycles. The lowest BCUT2D eigenvalue weighted by atomic mass is 9.99. The van der Waals surface area contributed by atoms with E-state index in [0.717, 1.165) is 0 Å². The van der Waals surface area contributed by atoms with Crippen LogP contribution in [0.1, 0.15) is 12.8 Å². The quantitative estimate of drug-likeness (QED) is 0.643. The zero-order valence-corrected chi connectivity index (χ0v) is 17.5. The number of carbonyl (C=O) groups is 1. The number of nitrogens with one attached hydrogen (secondary N) is 1. The zero-order valence-electron chi connectivity index (χ0n) is 16.7. The predicted molar refractivity (Wildman–Crippen MR) is 109 cm³/mol. The molecule has 1 unspecified atom stereocenters. The van der Waals surface area contributed by atoms with Crippen molar-refractivity contribution in [3.63, 3.8) is 0 Å². The number of halogens is 1. The number of methoxy groups -OCH3 is 1. The van der Waals surface area contributed by atoms with Crippen LogP contribution in [-0.4, -0.2) is 52.0 Å². The third-order valence-electron chi connectivity index (χ3n) is 4.94. The van der Waals surface area contributed by atoms with Gasteiger partial charge in [-0.1, -0.05) is 0 Å². The van der Waals surface area contributed by atoms with Crippen LogP contribution in [0.15, 0.2) is 53.4 Å². The van der Waals surface area contributed by atoms with E-state index in [4.69, 9.17) is 9.47 Å². The molecule has 162 valence electrons. The minimum Gasteiger partial charge on any atom is -0.497 e. The molecule has 2 aromatic rings. The Morgan fingerprint density at radius 2 is 1.80 bits per heavy atom. The SMILES string of the molecule is COc1ccc(S(=O)(=O)N2CCCC(C(=O)NCCOc3ccc(F)cc3)C2)cc1. The Morgan fingerprint density at radius 3 is 2.47 bits per heavy atom. The molecule has 3 rings (SSSR count). The summed E-state index contributed by atoms with van der Waals surface area (Å²) in [7, 11) is -2.16. The molecule has 0 aromatic heterocycles. The smallest absolute Gasteiger partial charge is 0.243 e. The lowest BCUT2D eigenvalue weighted by molar-refractivity contribution is -0.126. The van der Waals surface area contributed by atoms with Gasteiger partial charge in [0.25, 0.3) is 0 Å². The van der Waals surface area contributed by atoms with Gasteiger partial charge in [0.15, 0.2) is 0 Å². The minimum absolute atomic E-state index is 0.138. The lowest BCUT2D eigenvalue weighted by Crippen LogP contribution is -2.45. The van der Waals surface area contributed by atoms with Crippen LogP contribution in [-0.2, 0) is 14.8 Å². The Balaban J connectivity index is 1.51. The summed E-state index contributed by atoms with van der Waals surface area (Å²) >= 11 is 0. The molecule has 9 heteroatoms. The van der Waals surface area contributed by atoms with E-state index in [1.54, 1.807) is 12.1 Å². The summed E-state index contributed by atoms with van der Waals surface area (Å²) in [6, 6.07) is 11.8. The Hall–Kier alpha value is -2.65. The van der Waals surface area contributed by atoms with Gasteiger partial charge in [0, 0.05) is 13.1 Å². The number of sulfonamides is 1. The fourth-order valence-electron chi connectivity index (χ4n) is 3.29. The fourth-order valence-corrected chi connectivity index (χ4v) is 4.81. The monoisotopic (exact) mass is 436 g/mol. The summed E-state index contributed by atoms with van der Waals surface area (Å²) in [5.41, 5.74) is 0. The fraction of sp³-hybridized carbons (Fsp3) is 0.381. The first kappa shape index (κ1) is 22.0. The summed E-state index contributed by atoms with van der Waals surface area (Å²) < 4.78 is 50.6. The van der Waals surface area contributed by atoms with Crippen LogP contribution in [0.25, 0.3) is 0 Å². The molecule has 1 aliphatic rings. The van der Waals surface area contributed by atoms with Crippen molar-refractivity contribution in [2.45, 2.75) is 17.7 Å². The van der Waals surface area contributed by atoms with Crippen molar-refractivity contribution < 1.29 is 27.1 Å². The minimum atomic E-state index is -3.68. The number of amides is 1. The Bertz CT molecular complexity index is 948. The van der Waals surface area contributed by atoms with E-state index in [1.165, 1.54) is 47.8 Å². The second kappa shape index (κ2) is 9.90.